The smallest absolute Gasteiger partial charge is 0.365 e. The molecule has 0 aromatic heterocycles. The molecule has 2 aliphatic heterocycles. The Hall–Kier alpha value is -3.10. The number of rotatable bonds is 5. The summed E-state index contributed by atoms with van der Waals surface area (Å²) in [6, 6.07) is 17.3. The van der Waals surface area contributed by atoms with Gasteiger partial charge >= 0.3 is 6.18 Å². The minimum Gasteiger partial charge on any atom is -0.365 e. The van der Waals surface area contributed by atoms with Crippen LogP contribution in [0.1, 0.15) is 22.3 Å². The summed E-state index contributed by atoms with van der Waals surface area (Å²) >= 11 is 6.01. The number of carbonyl (C=O) groups is 1. The number of halogens is 5. The van der Waals surface area contributed by atoms with E-state index in [1.165, 1.54) is 12.1 Å². The van der Waals surface area contributed by atoms with Gasteiger partial charge in [0, 0.05) is 49.0 Å². The molecule has 4 nitrogen and oxygen atoms in total. The number of anilines is 1. The van der Waals surface area contributed by atoms with Gasteiger partial charge in [0.2, 0.25) is 5.91 Å². The van der Waals surface area contributed by atoms with Crippen LogP contribution in [0.5, 0.6) is 0 Å². The van der Waals surface area contributed by atoms with Crippen molar-refractivity contribution in [2.75, 3.05) is 24.5 Å². The van der Waals surface area contributed by atoms with Crippen molar-refractivity contribution in [2.24, 2.45) is 5.92 Å². The summed E-state index contributed by atoms with van der Waals surface area (Å²) < 4.78 is 54.4. The molecule has 3 aromatic carbocycles. The van der Waals surface area contributed by atoms with Crippen molar-refractivity contribution >= 4 is 23.2 Å². The molecule has 0 aliphatic carbocycles. The van der Waals surface area contributed by atoms with Crippen molar-refractivity contribution in [3.8, 4) is 0 Å². The van der Waals surface area contributed by atoms with Gasteiger partial charge < -0.3 is 10.2 Å². The lowest BCUT2D eigenvalue weighted by atomic mass is 9.82. The Morgan fingerprint density at radius 1 is 1.03 bits per heavy atom. The maximum atomic E-state index is 14.1. The van der Waals surface area contributed by atoms with Crippen LogP contribution in [0.15, 0.2) is 66.7 Å². The fourth-order valence-electron chi connectivity index (χ4n) is 5.31. The fraction of sp³-hybridized carbons (Fsp3) is 0.321. The summed E-state index contributed by atoms with van der Waals surface area (Å²) in [5.74, 6) is -1.30. The van der Waals surface area contributed by atoms with Gasteiger partial charge in [-0.05, 0) is 53.9 Å². The summed E-state index contributed by atoms with van der Waals surface area (Å²) in [7, 11) is 0. The Morgan fingerprint density at radius 2 is 1.78 bits per heavy atom. The van der Waals surface area contributed by atoms with Crippen molar-refractivity contribution in [2.45, 2.75) is 31.7 Å². The molecule has 3 aromatic rings. The number of alkyl halides is 3. The van der Waals surface area contributed by atoms with E-state index in [0.717, 1.165) is 23.4 Å². The van der Waals surface area contributed by atoms with Crippen LogP contribution >= 0.6 is 11.6 Å². The van der Waals surface area contributed by atoms with Gasteiger partial charge in [-0.1, -0.05) is 41.9 Å². The van der Waals surface area contributed by atoms with Crippen LogP contribution in [0.25, 0.3) is 0 Å². The topological polar surface area (TPSA) is 35.6 Å². The number of hydrogen-bond acceptors (Lipinski definition) is 3. The predicted octanol–water partition coefficient (Wildman–Crippen LogP) is 5.68. The molecule has 1 saturated heterocycles. The maximum absolute atomic E-state index is 14.1. The molecule has 1 amide bonds. The SMILES string of the molecule is O=C(NCc1ccccc1F)[C@H]1Cc2cc(C(F)(F)F)ccc2N2CCN(Cc3ccc(Cl)cc3)C[C@@H]12. The van der Waals surface area contributed by atoms with E-state index in [1.54, 1.807) is 18.2 Å². The predicted molar refractivity (Wildman–Crippen MR) is 135 cm³/mol. The van der Waals surface area contributed by atoms with Crippen LogP contribution in [0.4, 0.5) is 23.2 Å². The summed E-state index contributed by atoms with van der Waals surface area (Å²) in [5, 5.41) is 3.48. The van der Waals surface area contributed by atoms with Gasteiger partial charge in [-0.25, -0.2) is 4.39 Å². The van der Waals surface area contributed by atoms with Crippen LogP contribution in [-0.4, -0.2) is 36.5 Å². The molecule has 0 saturated carbocycles. The van der Waals surface area contributed by atoms with E-state index in [9.17, 15) is 22.4 Å². The number of hydrogen-bond donors (Lipinski definition) is 1. The molecule has 194 valence electrons. The zero-order chi connectivity index (χ0) is 26.2. The maximum Gasteiger partial charge on any atom is 0.416 e. The van der Waals surface area contributed by atoms with Gasteiger partial charge in [-0.2, -0.15) is 13.2 Å². The van der Waals surface area contributed by atoms with E-state index in [4.69, 9.17) is 11.6 Å². The second-order valence-electron chi connectivity index (χ2n) is 9.58. The first kappa shape index (κ1) is 25.5. The highest BCUT2D eigenvalue weighted by Crippen LogP contribution is 2.40. The molecular weight excluding hydrogens is 506 g/mol. The lowest BCUT2D eigenvalue weighted by molar-refractivity contribution is -0.137. The largest absolute Gasteiger partial charge is 0.416 e. The number of nitrogens with one attached hydrogen (secondary N) is 1. The Morgan fingerprint density at radius 3 is 2.51 bits per heavy atom. The first-order valence-electron chi connectivity index (χ1n) is 12.1. The Balaban J connectivity index is 1.40. The molecule has 2 heterocycles. The number of benzene rings is 3. The van der Waals surface area contributed by atoms with Gasteiger partial charge in [-0.15, -0.1) is 0 Å². The quantitative estimate of drug-likeness (QED) is 0.430. The van der Waals surface area contributed by atoms with Crippen molar-refractivity contribution < 1.29 is 22.4 Å². The minimum atomic E-state index is -4.47. The van der Waals surface area contributed by atoms with Crippen LogP contribution < -0.4 is 10.2 Å². The van der Waals surface area contributed by atoms with Gasteiger partial charge in [0.1, 0.15) is 5.82 Å². The fourth-order valence-corrected chi connectivity index (χ4v) is 5.43. The van der Waals surface area contributed by atoms with E-state index in [-0.39, 0.29) is 24.9 Å². The monoisotopic (exact) mass is 531 g/mol. The van der Waals surface area contributed by atoms with Crippen LogP contribution in [0.2, 0.25) is 5.02 Å². The second kappa shape index (κ2) is 10.3. The number of amides is 1. The first-order chi connectivity index (χ1) is 17.7. The summed E-state index contributed by atoms with van der Waals surface area (Å²) in [4.78, 5) is 17.7. The number of nitrogens with zero attached hydrogens (tertiary/aromatic N) is 2. The van der Waals surface area contributed by atoms with Crippen molar-refractivity contribution in [3.63, 3.8) is 0 Å². The zero-order valence-electron chi connectivity index (χ0n) is 19.9. The standard InChI is InChI=1S/C28H26ClF4N3O/c29-22-8-5-18(6-9-22)16-35-11-12-36-25-10-7-21(28(31,32)33)13-20(25)14-23(26(36)17-35)27(37)34-15-19-3-1-2-4-24(19)30/h1-10,13,23,26H,11-12,14-17H2,(H,34,37)/t23-,26-/m0/s1. The van der Waals surface area contributed by atoms with Crippen LogP contribution in [-0.2, 0) is 30.5 Å². The van der Waals surface area contributed by atoms with E-state index in [2.05, 4.69) is 15.1 Å². The molecule has 9 heteroatoms. The first-order valence-corrected chi connectivity index (χ1v) is 12.5. The minimum absolute atomic E-state index is 0.0126. The molecule has 2 atom stereocenters. The molecule has 1 N–H and O–H groups in total. The third-order valence-electron chi connectivity index (χ3n) is 7.19. The highest BCUT2D eigenvalue weighted by molar-refractivity contribution is 6.30. The number of fused-ring (bicyclic) bond motifs is 3. The normalized spacial score (nSPS) is 19.8. The lowest BCUT2D eigenvalue weighted by Gasteiger charge is -2.49. The average Bonchev–Trinajstić information content (AvgIpc) is 2.88. The number of piperazine rings is 1. The molecule has 1 fully saturated rings. The summed E-state index contributed by atoms with van der Waals surface area (Å²) in [6.45, 7) is 2.53. The van der Waals surface area contributed by atoms with Gasteiger partial charge in [0.25, 0.3) is 0 Å². The highest BCUT2D eigenvalue weighted by Gasteiger charge is 2.42. The van der Waals surface area contributed by atoms with Crippen molar-refractivity contribution in [1.82, 2.24) is 10.2 Å². The third kappa shape index (κ3) is 5.60. The molecular formula is C28H26ClF4N3O. The average molecular weight is 532 g/mol. The number of carbonyl (C=O) groups excluding carboxylic acids is 1. The Kier molecular flexibility index (Phi) is 7.14. The molecule has 0 bridgehead atoms. The van der Waals surface area contributed by atoms with Gasteiger partial charge in [0.05, 0.1) is 17.5 Å². The van der Waals surface area contributed by atoms with E-state index >= 15 is 0 Å². The summed E-state index contributed by atoms with van der Waals surface area (Å²) in [6.07, 6.45) is -4.29. The molecule has 2 aliphatic rings. The highest BCUT2D eigenvalue weighted by atomic mass is 35.5. The van der Waals surface area contributed by atoms with E-state index in [0.29, 0.717) is 42.3 Å². The second-order valence-corrected chi connectivity index (χ2v) is 10.0. The van der Waals surface area contributed by atoms with Crippen molar-refractivity contribution in [3.05, 3.63) is 99.8 Å². The van der Waals surface area contributed by atoms with Crippen molar-refractivity contribution in [1.29, 1.82) is 0 Å². The van der Waals surface area contributed by atoms with Gasteiger partial charge in [-0.3, -0.25) is 9.69 Å². The van der Waals surface area contributed by atoms with Gasteiger partial charge in [0.15, 0.2) is 0 Å². The summed E-state index contributed by atoms with van der Waals surface area (Å²) in [5.41, 5.74) is 1.96. The molecule has 0 radical (unpaired) electrons. The molecule has 37 heavy (non-hydrogen) atoms. The van der Waals surface area contributed by atoms with E-state index < -0.39 is 23.5 Å². The third-order valence-corrected chi connectivity index (χ3v) is 7.44. The lowest BCUT2D eigenvalue weighted by Crippen LogP contribution is -2.60. The van der Waals surface area contributed by atoms with E-state index in [1.807, 2.05) is 24.3 Å². The zero-order valence-corrected chi connectivity index (χ0v) is 20.7. The Bertz CT molecular complexity index is 1280. The van der Waals surface area contributed by atoms with Crippen LogP contribution in [0, 0.1) is 11.7 Å². The molecule has 5 rings (SSSR count). The molecule has 0 spiro atoms. The molecule has 0 unspecified atom stereocenters. The van der Waals surface area contributed by atoms with Crippen LogP contribution in [0.3, 0.4) is 0 Å². The Labute approximate surface area is 217 Å².